The summed E-state index contributed by atoms with van der Waals surface area (Å²) in [5.41, 5.74) is 1.30. The van der Waals surface area contributed by atoms with Crippen molar-refractivity contribution in [2.45, 2.75) is 52.1 Å². The maximum absolute atomic E-state index is 4.24. The van der Waals surface area contributed by atoms with Crippen molar-refractivity contribution in [2.24, 2.45) is 11.8 Å². The lowest BCUT2D eigenvalue weighted by atomic mass is 9.81. The fourth-order valence-corrected chi connectivity index (χ4v) is 3.02. The highest BCUT2D eigenvalue weighted by atomic mass is 15.1. The summed E-state index contributed by atoms with van der Waals surface area (Å²) in [6.07, 6.45) is 11.0. The Hall–Kier alpha value is -0.830. The van der Waals surface area contributed by atoms with Crippen LogP contribution < -0.4 is 5.32 Å². The average Bonchev–Trinajstić information content (AvgIpc) is 2.75. The van der Waals surface area contributed by atoms with Gasteiger partial charge in [0, 0.05) is 19.3 Å². The first-order valence-corrected chi connectivity index (χ1v) is 6.93. The molecule has 0 aliphatic heterocycles. The molecule has 17 heavy (non-hydrogen) atoms. The van der Waals surface area contributed by atoms with E-state index < -0.39 is 0 Å². The zero-order chi connectivity index (χ0) is 12.1. The molecule has 1 N–H and O–H groups in total. The van der Waals surface area contributed by atoms with Gasteiger partial charge in [-0.2, -0.15) is 0 Å². The van der Waals surface area contributed by atoms with Gasteiger partial charge in [0.25, 0.3) is 0 Å². The SMILES string of the molecule is CNCc1cncn1CCC1CCCC(C)C1. The summed E-state index contributed by atoms with van der Waals surface area (Å²) in [4.78, 5) is 4.24. The molecule has 1 aliphatic rings. The highest BCUT2D eigenvalue weighted by molar-refractivity contribution is 4.97. The van der Waals surface area contributed by atoms with E-state index in [9.17, 15) is 0 Å². The van der Waals surface area contributed by atoms with Gasteiger partial charge in [0.15, 0.2) is 0 Å². The molecule has 1 fully saturated rings. The molecule has 0 spiro atoms. The molecule has 1 aromatic rings. The molecular formula is C14H25N3. The highest BCUT2D eigenvalue weighted by Crippen LogP contribution is 2.30. The lowest BCUT2D eigenvalue weighted by molar-refractivity contribution is 0.260. The number of nitrogens with zero attached hydrogens (tertiary/aromatic N) is 2. The van der Waals surface area contributed by atoms with Gasteiger partial charge < -0.3 is 9.88 Å². The number of nitrogens with one attached hydrogen (secondary N) is 1. The Morgan fingerprint density at radius 3 is 3.12 bits per heavy atom. The van der Waals surface area contributed by atoms with Crippen LogP contribution in [0.3, 0.4) is 0 Å². The zero-order valence-electron chi connectivity index (χ0n) is 11.2. The highest BCUT2D eigenvalue weighted by Gasteiger charge is 2.18. The molecule has 0 aromatic carbocycles. The molecule has 3 heteroatoms. The standard InChI is InChI=1S/C14H25N3/c1-12-4-3-5-13(8-12)6-7-17-11-16-10-14(17)9-15-2/h10-13,15H,3-9H2,1-2H3. The Morgan fingerprint density at radius 2 is 2.35 bits per heavy atom. The van der Waals surface area contributed by atoms with Crippen LogP contribution in [0.5, 0.6) is 0 Å². The topological polar surface area (TPSA) is 29.9 Å². The summed E-state index contributed by atoms with van der Waals surface area (Å²) in [6.45, 7) is 4.45. The van der Waals surface area contributed by atoms with E-state index in [-0.39, 0.29) is 0 Å². The zero-order valence-corrected chi connectivity index (χ0v) is 11.2. The number of aromatic nitrogens is 2. The van der Waals surface area contributed by atoms with Crippen molar-refractivity contribution in [3.8, 4) is 0 Å². The van der Waals surface area contributed by atoms with E-state index in [1.54, 1.807) is 0 Å². The number of rotatable bonds is 5. The van der Waals surface area contributed by atoms with Gasteiger partial charge in [0.2, 0.25) is 0 Å². The Bertz CT molecular complexity index is 332. The quantitative estimate of drug-likeness (QED) is 0.850. The first kappa shape index (κ1) is 12.6. The van der Waals surface area contributed by atoms with E-state index in [2.05, 4.69) is 21.8 Å². The summed E-state index contributed by atoms with van der Waals surface area (Å²) in [5.74, 6) is 1.87. The largest absolute Gasteiger partial charge is 0.333 e. The number of hydrogen-bond acceptors (Lipinski definition) is 2. The third-order valence-corrected chi connectivity index (χ3v) is 3.98. The fourth-order valence-electron chi connectivity index (χ4n) is 3.02. The third-order valence-electron chi connectivity index (χ3n) is 3.98. The van der Waals surface area contributed by atoms with Crippen molar-refractivity contribution in [2.75, 3.05) is 7.05 Å². The second-order valence-electron chi connectivity index (χ2n) is 5.54. The Morgan fingerprint density at radius 1 is 1.47 bits per heavy atom. The second kappa shape index (κ2) is 6.20. The first-order valence-electron chi connectivity index (χ1n) is 6.93. The summed E-state index contributed by atoms with van der Waals surface area (Å²) in [6, 6.07) is 0. The maximum atomic E-state index is 4.24. The predicted octanol–water partition coefficient (Wildman–Crippen LogP) is 2.82. The van der Waals surface area contributed by atoms with E-state index in [1.807, 2.05) is 19.6 Å². The third kappa shape index (κ3) is 3.56. The van der Waals surface area contributed by atoms with Crippen LogP contribution in [0.15, 0.2) is 12.5 Å². The molecule has 0 bridgehead atoms. The van der Waals surface area contributed by atoms with Gasteiger partial charge in [-0.05, 0) is 31.7 Å². The monoisotopic (exact) mass is 235 g/mol. The molecule has 0 radical (unpaired) electrons. The van der Waals surface area contributed by atoms with Crippen LogP contribution >= 0.6 is 0 Å². The van der Waals surface area contributed by atoms with Gasteiger partial charge >= 0.3 is 0 Å². The first-order chi connectivity index (χ1) is 8.29. The molecule has 96 valence electrons. The molecule has 0 amide bonds. The Labute approximate surface area is 105 Å². The molecular weight excluding hydrogens is 210 g/mol. The lowest BCUT2D eigenvalue weighted by Gasteiger charge is -2.26. The fraction of sp³-hybridized carbons (Fsp3) is 0.786. The van der Waals surface area contributed by atoms with Crippen molar-refractivity contribution < 1.29 is 0 Å². The van der Waals surface area contributed by atoms with Gasteiger partial charge in [0.05, 0.1) is 12.0 Å². The van der Waals surface area contributed by atoms with Crippen molar-refractivity contribution in [1.29, 1.82) is 0 Å². The van der Waals surface area contributed by atoms with E-state index in [1.165, 1.54) is 37.8 Å². The number of hydrogen-bond donors (Lipinski definition) is 1. The van der Waals surface area contributed by atoms with Gasteiger partial charge in [-0.15, -0.1) is 0 Å². The maximum Gasteiger partial charge on any atom is 0.0948 e. The van der Waals surface area contributed by atoms with Crippen molar-refractivity contribution in [3.63, 3.8) is 0 Å². The van der Waals surface area contributed by atoms with E-state index >= 15 is 0 Å². The van der Waals surface area contributed by atoms with Crippen molar-refractivity contribution in [1.82, 2.24) is 14.9 Å². The molecule has 1 aromatic heterocycles. The minimum Gasteiger partial charge on any atom is -0.333 e. The molecule has 3 nitrogen and oxygen atoms in total. The predicted molar refractivity (Wildman–Crippen MR) is 70.7 cm³/mol. The molecule has 1 heterocycles. The van der Waals surface area contributed by atoms with Crippen LogP contribution in [-0.4, -0.2) is 16.6 Å². The summed E-state index contributed by atoms with van der Waals surface area (Å²) >= 11 is 0. The summed E-state index contributed by atoms with van der Waals surface area (Å²) < 4.78 is 2.30. The van der Waals surface area contributed by atoms with Gasteiger partial charge in [-0.3, -0.25) is 0 Å². The van der Waals surface area contributed by atoms with E-state index in [0.717, 1.165) is 24.9 Å². The summed E-state index contributed by atoms with van der Waals surface area (Å²) in [7, 11) is 1.99. The molecule has 2 atom stereocenters. The molecule has 1 saturated carbocycles. The average molecular weight is 235 g/mol. The number of aryl methyl sites for hydroxylation is 1. The minimum absolute atomic E-state index is 0.918. The molecule has 2 rings (SSSR count). The number of imidazole rings is 1. The van der Waals surface area contributed by atoms with Crippen LogP contribution in [0.1, 0.15) is 44.7 Å². The second-order valence-corrected chi connectivity index (χ2v) is 5.54. The van der Waals surface area contributed by atoms with Crippen molar-refractivity contribution in [3.05, 3.63) is 18.2 Å². The lowest BCUT2D eigenvalue weighted by Crippen LogP contribution is -2.17. The van der Waals surface area contributed by atoms with E-state index in [4.69, 9.17) is 0 Å². The normalized spacial score (nSPS) is 25.1. The van der Waals surface area contributed by atoms with Crippen LogP contribution in [0.25, 0.3) is 0 Å². The molecule has 0 saturated heterocycles. The van der Waals surface area contributed by atoms with Gasteiger partial charge in [-0.1, -0.05) is 26.2 Å². The molecule has 2 unspecified atom stereocenters. The smallest absolute Gasteiger partial charge is 0.0948 e. The summed E-state index contributed by atoms with van der Waals surface area (Å²) in [5, 5.41) is 3.19. The Kier molecular flexibility index (Phi) is 4.60. The van der Waals surface area contributed by atoms with E-state index in [0.29, 0.717) is 0 Å². The van der Waals surface area contributed by atoms with Crippen LogP contribution in [-0.2, 0) is 13.1 Å². The van der Waals surface area contributed by atoms with Gasteiger partial charge in [-0.25, -0.2) is 4.98 Å². The Balaban J connectivity index is 1.82. The van der Waals surface area contributed by atoms with Crippen LogP contribution in [0.4, 0.5) is 0 Å². The van der Waals surface area contributed by atoms with Crippen LogP contribution in [0.2, 0.25) is 0 Å². The molecule has 1 aliphatic carbocycles. The van der Waals surface area contributed by atoms with Gasteiger partial charge in [0.1, 0.15) is 0 Å². The van der Waals surface area contributed by atoms with Crippen molar-refractivity contribution >= 4 is 0 Å². The minimum atomic E-state index is 0.918. The van der Waals surface area contributed by atoms with Crippen LogP contribution in [0, 0.1) is 11.8 Å².